The van der Waals surface area contributed by atoms with Crippen LogP contribution in [0.5, 0.6) is 5.75 Å². The minimum atomic E-state index is 0.224. The minimum Gasteiger partial charge on any atom is -0.494 e. The van der Waals surface area contributed by atoms with Crippen LogP contribution in [0.15, 0.2) is 24.3 Å². The van der Waals surface area contributed by atoms with Gasteiger partial charge in [-0.05, 0) is 43.9 Å². The Morgan fingerprint density at radius 2 is 2.19 bits per heavy atom. The first-order valence-electron chi connectivity index (χ1n) is 5.78. The van der Waals surface area contributed by atoms with Crippen molar-refractivity contribution in [2.75, 3.05) is 12.4 Å². The molecule has 16 heavy (non-hydrogen) atoms. The van der Waals surface area contributed by atoms with E-state index in [2.05, 4.69) is 31.7 Å². The Morgan fingerprint density at radius 3 is 2.88 bits per heavy atom. The second-order valence-electron chi connectivity index (χ2n) is 4.10. The summed E-state index contributed by atoms with van der Waals surface area (Å²) >= 11 is 4.15. The molecule has 90 valence electrons. The molecule has 0 saturated carbocycles. The highest BCUT2D eigenvalue weighted by Gasteiger charge is 1.99. The largest absolute Gasteiger partial charge is 0.494 e. The number of aryl methyl sites for hydroxylation is 1. The van der Waals surface area contributed by atoms with E-state index in [-0.39, 0.29) is 6.04 Å². The molecule has 0 radical (unpaired) electrons. The van der Waals surface area contributed by atoms with Crippen LogP contribution < -0.4 is 10.5 Å². The zero-order valence-electron chi connectivity index (χ0n) is 9.86. The van der Waals surface area contributed by atoms with Crippen molar-refractivity contribution in [1.82, 2.24) is 0 Å². The molecule has 0 aliphatic heterocycles. The third-order valence-corrected chi connectivity index (χ3v) is 2.93. The Hall–Kier alpha value is -0.670. The van der Waals surface area contributed by atoms with Gasteiger partial charge in [0.25, 0.3) is 0 Å². The lowest BCUT2D eigenvalue weighted by Gasteiger charge is -2.09. The number of ether oxygens (including phenoxy) is 1. The zero-order chi connectivity index (χ0) is 11.8. The van der Waals surface area contributed by atoms with Crippen LogP contribution in [0.1, 0.15) is 24.8 Å². The highest BCUT2D eigenvalue weighted by molar-refractivity contribution is 7.80. The van der Waals surface area contributed by atoms with E-state index in [4.69, 9.17) is 10.5 Å². The van der Waals surface area contributed by atoms with Crippen molar-refractivity contribution in [3.8, 4) is 5.75 Å². The monoisotopic (exact) mass is 239 g/mol. The zero-order valence-corrected chi connectivity index (χ0v) is 10.7. The number of thiol groups is 1. The van der Waals surface area contributed by atoms with Gasteiger partial charge in [-0.1, -0.05) is 12.1 Å². The Kier molecular flexibility index (Phi) is 6.34. The molecule has 1 aromatic carbocycles. The second kappa shape index (κ2) is 7.58. The fourth-order valence-corrected chi connectivity index (χ4v) is 1.68. The molecule has 2 N–H and O–H groups in total. The minimum absolute atomic E-state index is 0.224. The maximum Gasteiger partial charge on any atom is 0.119 e. The summed E-state index contributed by atoms with van der Waals surface area (Å²) in [5.74, 6) is 1.72. The molecule has 1 rings (SSSR count). The van der Waals surface area contributed by atoms with Crippen molar-refractivity contribution >= 4 is 12.6 Å². The summed E-state index contributed by atoms with van der Waals surface area (Å²) < 4.78 is 5.64. The van der Waals surface area contributed by atoms with Crippen molar-refractivity contribution in [2.24, 2.45) is 5.73 Å². The first-order chi connectivity index (χ1) is 7.72. The highest BCUT2D eigenvalue weighted by Crippen LogP contribution is 2.13. The quantitative estimate of drug-likeness (QED) is 0.567. The van der Waals surface area contributed by atoms with Crippen molar-refractivity contribution in [1.29, 1.82) is 0 Å². The molecule has 0 aliphatic carbocycles. The lowest BCUT2D eigenvalue weighted by atomic mass is 10.1. The van der Waals surface area contributed by atoms with Crippen LogP contribution in [0.3, 0.4) is 0 Å². The van der Waals surface area contributed by atoms with Gasteiger partial charge in [0.2, 0.25) is 0 Å². The van der Waals surface area contributed by atoms with E-state index in [0.717, 1.165) is 37.4 Å². The van der Waals surface area contributed by atoms with Crippen molar-refractivity contribution in [2.45, 2.75) is 32.2 Å². The molecule has 0 bridgehead atoms. The maximum absolute atomic E-state index is 5.77. The van der Waals surface area contributed by atoms with Gasteiger partial charge in [0.15, 0.2) is 0 Å². The van der Waals surface area contributed by atoms with E-state index in [1.807, 2.05) is 12.1 Å². The number of hydrogen-bond donors (Lipinski definition) is 2. The fraction of sp³-hybridized carbons (Fsp3) is 0.538. The van der Waals surface area contributed by atoms with Crippen LogP contribution in [0.25, 0.3) is 0 Å². The van der Waals surface area contributed by atoms with E-state index >= 15 is 0 Å². The molecule has 1 atom stereocenters. The van der Waals surface area contributed by atoms with Crippen molar-refractivity contribution in [3.05, 3.63) is 29.8 Å². The van der Waals surface area contributed by atoms with Gasteiger partial charge in [0, 0.05) is 11.8 Å². The smallest absolute Gasteiger partial charge is 0.119 e. The Labute approximate surface area is 104 Å². The number of benzene rings is 1. The standard InChI is InChI=1S/C13H21NOS/c1-11-5-4-7-13(9-11)15-8-3-2-6-12(14)10-16/h4-5,7,9,12,16H,2-3,6,8,10,14H2,1H3. The molecule has 1 aromatic rings. The summed E-state index contributed by atoms with van der Waals surface area (Å²) in [6, 6.07) is 8.36. The number of unbranched alkanes of at least 4 members (excludes halogenated alkanes) is 1. The average Bonchev–Trinajstić information content (AvgIpc) is 2.28. The van der Waals surface area contributed by atoms with Gasteiger partial charge in [-0.15, -0.1) is 0 Å². The summed E-state index contributed by atoms with van der Waals surface area (Å²) in [4.78, 5) is 0. The van der Waals surface area contributed by atoms with Gasteiger partial charge >= 0.3 is 0 Å². The van der Waals surface area contributed by atoms with Gasteiger partial charge in [0.1, 0.15) is 5.75 Å². The van der Waals surface area contributed by atoms with Crippen LogP contribution in [0.2, 0.25) is 0 Å². The van der Waals surface area contributed by atoms with Crippen LogP contribution in [0, 0.1) is 6.92 Å². The molecule has 0 aliphatic rings. The molecule has 2 nitrogen and oxygen atoms in total. The van der Waals surface area contributed by atoms with E-state index < -0.39 is 0 Å². The molecule has 0 heterocycles. The van der Waals surface area contributed by atoms with E-state index in [1.165, 1.54) is 5.56 Å². The molecule has 3 heteroatoms. The lowest BCUT2D eigenvalue weighted by molar-refractivity contribution is 0.303. The molecular weight excluding hydrogens is 218 g/mol. The number of rotatable bonds is 7. The predicted molar refractivity (Wildman–Crippen MR) is 72.4 cm³/mol. The number of hydrogen-bond acceptors (Lipinski definition) is 3. The molecule has 0 saturated heterocycles. The molecule has 0 aromatic heterocycles. The maximum atomic E-state index is 5.77. The van der Waals surface area contributed by atoms with Crippen molar-refractivity contribution in [3.63, 3.8) is 0 Å². The molecular formula is C13H21NOS. The van der Waals surface area contributed by atoms with E-state index in [0.29, 0.717) is 0 Å². The summed E-state index contributed by atoms with van der Waals surface area (Å²) in [6.07, 6.45) is 3.18. The predicted octanol–water partition coefficient (Wildman–Crippen LogP) is 2.80. The van der Waals surface area contributed by atoms with Crippen LogP contribution in [0.4, 0.5) is 0 Å². The summed E-state index contributed by atoms with van der Waals surface area (Å²) in [6.45, 7) is 2.83. The van der Waals surface area contributed by atoms with Crippen molar-refractivity contribution < 1.29 is 4.74 Å². The topological polar surface area (TPSA) is 35.2 Å². The van der Waals surface area contributed by atoms with Crippen LogP contribution in [-0.4, -0.2) is 18.4 Å². The second-order valence-corrected chi connectivity index (χ2v) is 4.47. The SMILES string of the molecule is Cc1cccc(OCCCCC(N)CS)c1. The lowest BCUT2D eigenvalue weighted by Crippen LogP contribution is -2.21. The van der Waals surface area contributed by atoms with Gasteiger partial charge in [-0.25, -0.2) is 0 Å². The fourth-order valence-electron chi connectivity index (χ4n) is 1.50. The summed E-state index contributed by atoms with van der Waals surface area (Å²) in [5, 5.41) is 0. The average molecular weight is 239 g/mol. The van der Waals surface area contributed by atoms with E-state index in [9.17, 15) is 0 Å². The molecule has 0 spiro atoms. The van der Waals surface area contributed by atoms with Gasteiger partial charge in [0.05, 0.1) is 6.61 Å². The molecule has 0 amide bonds. The molecule has 1 unspecified atom stereocenters. The summed E-state index contributed by atoms with van der Waals surface area (Å²) in [7, 11) is 0. The molecule has 0 fully saturated rings. The number of nitrogens with two attached hydrogens (primary N) is 1. The third-order valence-electron chi connectivity index (χ3n) is 2.46. The highest BCUT2D eigenvalue weighted by atomic mass is 32.1. The van der Waals surface area contributed by atoms with E-state index in [1.54, 1.807) is 0 Å². The normalized spacial score (nSPS) is 12.4. The van der Waals surface area contributed by atoms with Gasteiger partial charge in [-0.2, -0.15) is 12.6 Å². The Balaban J connectivity index is 2.12. The Bertz CT molecular complexity index is 304. The summed E-state index contributed by atoms with van der Waals surface area (Å²) in [5.41, 5.74) is 7.00. The van der Waals surface area contributed by atoms with Crippen LogP contribution >= 0.6 is 12.6 Å². The first-order valence-corrected chi connectivity index (χ1v) is 6.41. The Morgan fingerprint density at radius 1 is 1.38 bits per heavy atom. The first kappa shape index (κ1) is 13.4. The van der Waals surface area contributed by atoms with Gasteiger partial charge < -0.3 is 10.5 Å². The third kappa shape index (κ3) is 5.42. The van der Waals surface area contributed by atoms with Crippen LogP contribution in [-0.2, 0) is 0 Å². The van der Waals surface area contributed by atoms with Gasteiger partial charge in [-0.3, -0.25) is 0 Å².